The number of benzene rings is 1. The van der Waals surface area contributed by atoms with Gasteiger partial charge in [-0.15, -0.1) is 0 Å². The van der Waals surface area contributed by atoms with Gasteiger partial charge in [-0.1, -0.05) is 24.6 Å². The van der Waals surface area contributed by atoms with Crippen LogP contribution in [0.2, 0.25) is 0 Å². The van der Waals surface area contributed by atoms with Crippen LogP contribution in [0.1, 0.15) is 32.1 Å². The number of hydrogen-bond donors (Lipinski definition) is 2. The van der Waals surface area contributed by atoms with E-state index >= 15 is 0 Å². The lowest BCUT2D eigenvalue weighted by atomic mass is 9.86. The van der Waals surface area contributed by atoms with Crippen molar-refractivity contribution in [1.29, 1.82) is 0 Å². The third kappa shape index (κ3) is 2.71. The Hall–Kier alpha value is -2.96. The van der Waals surface area contributed by atoms with E-state index in [9.17, 15) is 0 Å². The summed E-state index contributed by atoms with van der Waals surface area (Å²) in [6.07, 6.45) is 10.3. The van der Waals surface area contributed by atoms with E-state index < -0.39 is 5.66 Å². The lowest BCUT2D eigenvalue weighted by Crippen LogP contribution is -2.58. The standard InChI is InChI=1S/C18H21N7/c19-16-23-17(20)25(18(24-16)8-4-1-5-9-18)15-7-3-2-6-14(15)13-10-21-12-22-11-13/h2-3,6-7,10-12H,1,4-5,8-9H2,(H4,19,20,23,24). The summed E-state index contributed by atoms with van der Waals surface area (Å²) < 4.78 is 0. The van der Waals surface area contributed by atoms with Crippen LogP contribution in [-0.2, 0) is 0 Å². The van der Waals surface area contributed by atoms with E-state index in [0.29, 0.717) is 5.96 Å². The molecule has 4 N–H and O–H groups in total. The molecule has 1 spiro atoms. The zero-order valence-electron chi connectivity index (χ0n) is 14.0. The van der Waals surface area contributed by atoms with Crippen LogP contribution in [-0.4, -0.2) is 27.5 Å². The number of para-hydroxylation sites is 1. The van der Waals surface area contributed by atoms with E-state index in [1.54, 1.807) is 12.4 Å². The van der Waals surface area contributed by atoms with Crippen molar-refractivity contribution < 1.29 is 0 Å². The lowest BCUT2D eigenvalue weighted by molar-refractivity contribution is 0.305. The normalized spacial score (nSPS) is 19.4. The lowest BCUT2D eigenvalue weighted by Gasteiger charge is -2.46. The molecule has 2 heterocycles. The van der Waals surface area contributed by atoms with Gasteiger partial charge in [0.05, 0.1) is 5.69 Å². The number of hydrogen-bond acceptors (Lipinski definition) is 7. The molecule has 0 atom stereocenters. The summed E-state index contributed by atoms with van der Waals surface area (Å²) in [5.74, 6) is 0.648. The number of rotatable bonds is 2. The van der Waals surface area contributed by atoms with Crippen molar-refractivity contribution in [2.24, 2.45) is 21.5 Å². The summed E-state index contributed by atoms with van der Waals surface area (Å²) in [5.41, 5.74) is 14.7. The van der Waals surface area contributed by atoms with Crippen LogP contribution in [0.4, 0.5) is 5.69 Å². The zero-order chi connectivity index (χ0) is 17.3. The van der Waals surface area contributed by atoms with Gasteiger partial charge in [-0.25, -0.2) is 15.0 Å². The summed E-state index contributed by atoms with van der Waals surface area (Å²) in [5, 5.41) is 0. The summed E-state index contributed by atoms with van der Waals surface area (Å²) in [6, 6.07) is 8.07. The van der Waals surface area contributed by atoms with E-state index in [1.807, 2.05) is 29.2 Å². The molecule has 7 heteroatoms. The predicted octanol–water partition coefficient (Wildman–Crippen LogP) is 2.25. The molecule has 1 aromatic carbocycles. The molecule has 7 nitrogen and oxygen atoms in total. The molecule has 1 fully saturated rings. The minimum Gasteiger partial charge on any atom is -0.369 e. The topological polar surface area (TPSA) is 106 Å². The average Bonchev–Trinajstić information content (AvgIpc) is 2.63. The highest BCUT2D eigenvalue weighted by Gasteiger charge is 2.43. The number of aromatic nitrogens is 2. The molecule has 1 aromatic heterocycles. The van der Waals surface area contributed by atoms with Crippen LogP contribution >= 0.6 is 0 Å². The van der Waals surface area contributed by atoms with E-state index in [1.165, 1.54) is 12.7 Å². The van der Waals surface area contributed by atoms with Gasteiger partial charge in [-0.3, -0.25) is 4.90 Å². The van der Waals surface area contributed by atoms with Gasteiger partial charge in [0, 0.05) is 23.5 Å². The molecule has 0 amide bonds. The molecular formula is C18H21N7. The SMILES string of the molecule is NC1=NC2(CCCCC2)N(c2ccccc2-c2cncnc2)C(N)=N1. The highest BCUT2D eigenvalue weighted by molar-refractivity contribution is 6.07. The Labute approximate surface area is 146 Å². The summed E-state index contributed by atoms with van der Waals surface area (Å²) in [6.45, 7) is 0. The van der Waals surface area contributed by atoms with Gasteiger partial charge < -0.3 is 11.5 Å². The fourth-order valence-electron chi connectivity index (χ4n) is 3.82. The van der Waals surface area contributed by atoms with Gasteiger partial charge in [-0.2, -0.15) is 4.99 Å². The van der Waals surface area contributed by atoms with Crippen LogP contribution in [0.3, 0.4) is 0 Å². The Bertz CT molecular complexity index is 822. The van der Waals surface area contributed by atoms with Gasteiger partial charge in [0.15, 0.2) is 0 Å². The molecule has 0 bridgehead atoms. The number of guanidine groups is 2. The van der Waals surface area contributed by atoms with Crippen molar-refractivity contribution in [3.05, 3.63) is 43.0 Å². The van der Waals surface area contributed by atoms with Crippen molar-refractivity contribution in [1.82, 2.24) is 9.97 Å². The maximum Gasteiger partial charge on any atom is 0.220 e. The molecule has 2 aromatic rings. The molecule has 128 valence electrons. The molecule has 25 heavy (non-hydrogen) atoms. The highest BCUT2D eigenvalue weighted by Crippen LogP contribution is 2.42. The van der Waals surface area contributed by atoms with E-state index in [0.717, 1.165) is 42.5 Å². The second kappa shape index (κ2) is 6.16. The first-order valence-electron chi connectivity index (χ1n) is 8.54. The second-order valence-corrected chi connectivity index (χ2v) is 6.46. The molecule has 0 saturated heterocycles. The van der Waals surface area contributed by atoms with Gasteiger partial charge in [0.2, 0.25) is 11.9 Å². The van der Waals surface area contributed by atoms with Crippen LogP contribution in [0.15, 0.2) is 53.0 Å². The molecular weight excluding hydrogens is 314 g/mol. The first kappa shape index (κ1) is 15.6. The van der Waals surface area contributed by atoms with Crippen LogP contribution < -0.4 is 16.4 Å². The quantitative estimate of drug-likeness (QED) is 0.875. The molecule has 1 aliphatic heterocycles. The Morgan fingerprint density at radius 3 is 2.44 bits per heavy atom. The minimum absolute atomic E-state index is 0.260. The van der Waals surface area contributed by atoms with Gasteiger partial charge >= 0.3 is 0 Å². The Morgan fingerprint density at radius 1 is 0.960 bits per heavy atom. The molecule has 4 rings (SSSR count). The van der Waals surface area contributed by atoms with Crippen molar-refractivity contribution in [2.45, 2.75) is 37.8 Å². The number of aliphatic imine (C=N–C) groups is 2. The van der Waals surface area contributed by atoms with Crippen molar-refractivity contribution in [3.63, 3.8) is 0 Å². The fourth-order valence-corrected chi connectivity index (χ4v) is 3.82. The molecule has 2 aliphatic rings. The summed E-state index contributed by atoms with van der Waals surface area (Å²) in [7, 11) is 0. The number of nitrogens with two attached hydrogens (primary N) is 2. The van der Waals surface area contributed by atoms with E-state index in [4.69, 9.17) is 16.5 Å². The Balaban J connectivity index is 1.87. The van der Waals surface area contributed by atoms with E-state index in [-0.39, 0.29) is 5.96 Å². The number of anilines is 1. The largest absolute Gasteiger partial charge is 0.369 e. The smallest absolute Gasteiger partial charge is 0.220 e. The second-order valence-electron chi connectivity index (χ2n) is 6.46. The maximum atomic E-state index is 6.34. The number of nitrogens with zero attached hydrogens (tertiary/aromatic N) is 5. The monoisotopic (exact) mass is 335 g/mol. The van der Waals surface area contributed by atoms with Crippen molar-refractivity contribution in [2.75, 3.05) is 4.90 Å². The predicted molar refractivity (Wildman–Crippen MR) is 99.0 cm³/mol. The molecule has 1 aliphatic carbocycles. The zero-order valence-corrected chi connectivity index (χ0v) is 14.0. The summed E-state index contributed by atoms with van der Waals surface area (Å²) in [4.78, 5) is 19.3. The maximum absolute atomic E-state index is 6.34. The third-order valence-electron chi connectivity index (χ3n) is 4.87. The fraction of sp³-hybridized carbons (Fsp3) is 0.333. The van der Waals surface area contributed by atoms with Crippen molar-refractivity contribution in [3.8, 4) is 11.1 Å². The third-order valence-corrected chi connectivity index (χ3v) is 4.87. The average molecular weight is 335 g/mol. The van der Waals surface area contributed by atoms with Gasteiger partial charge in [-0.05, 0) is 31.7 Å². The molecule has 0 radical (unpaired) electrons. The van der Waals surface area contributed by atoms with Gasteiger partial charge in [0.25, 0.3) is 0 Å². The van der Waals surface area contributed by atoms with E-state index in [2.05, 4.69) is 15.0 Å². The first-order chi connectivity index (χ1) is 12.2. The summed E-state index contributed by atoms with van der Waals surface area (Å²) >= 11 is 0. The molecule has 0 unspecified atom stereocenters. The van der Waals surface area contributed by atoms with Crippen LogP contribution in [0, 0.1) is 0 Å². The Morgan fingerprint density at radius 2 is 1.68 bits per heavy atom. The highest BCUT2D eigenvalue weighted by atomic mass is 15.4. The van der Waals surface area contributed by atoms with Crippen LogP contribution in [0.5, 0.6) is 0 Å². The first-order valence-corrected chi connectivity index (χ1v) is 8.54. The van der Waals surface area contributed by atoms with Crippen molar-refractivity contribution >= 4 is 17.6 Å². The van der Waals surface area contributed by atoms with Crippen LogP contribution in [0.25, 0.3) is 11.1 Å². The Kier molecular flexibility index (Phi) is 3.83. The minimum atomic E-state index is -0.458. The van der Waals surface area contributed by atoms with Gasteiger partial charge in [0.1, 0.15) is 12.0 Å². The molecule has 1 saturated carbocycles.